The maximum atomic E-state index is 14.7. The Kier molecular flexibility index (Phi) is 6.38. The van der Waals surface area contributed by atoms with Crippen molar-refractivity contribution in [2.45, 2.75) is 7.59 Å². The highest BCUT2D eigenvalue weighted by Gasteiger charge is 2.44. The zero-order chi connectivity index (χ0) is 21.9. The van der Waals surface area contributed by atoms with Gasteiger partial charge in [0.15, 0.2) is 34.9 Å². The molecule has 0 saturated carbocycles. The Morgan fingerprint density at radius 1 is 0.464 bits per heavy atom. The Labute approximate surface area is 183 Å². The van der Waals surface area contributed by atoms with Crippen LogP contribution in [0.4, 0.5) is 37.7 Å². The predicted molar refractivity (Wildman–Crippen MR) is 98.9 cm³/mol. The Bertz CT molecular complexity index is 957. The normalized spacial score (nSPS) is 12.6. The molecule has 0 spiro atoms. The summed E-state index contributed by atoms with van der Waals surface area (Å²) in [6, 6.07) is 0. The van der Waals surface area contributed by atoms with E-state index in [-0.39, 0.29) is 0 Å². The van der Waals surface area contributed by atoms with Crippen LogP contribution in [-0.2, 0) is 7.59 Å². The van der Waals surface area contributed by atoms with Crippen LogP contribution in [0.15, 0.2) is 0 Å². The molecule has 2 nitrogen and oxygen atoms in total. The summed E-state index contributed by atoms with van der Waals surface area (Å²) in [5, 5.41) is 0. The standard InChI is InChI=1S/C14H4Cl6F6N2/c15-13(16,17)3-1(2-6(22)9(25)12(28)10(26)7(2)23)5(21)8(24)11(27)4(3)14(18,19)20/h27-28H2. The Morgan fingerprint density at radius 3 is 1.14 bits per heavy atom. The first-order chi connectivity index (χ1) is 12.5. The Balaban J connectivity index is 3.26. The van der Waals surface area contributed by atoms with Gasteiger partial charge in [0.2, 0.25) is 7.59 Å². The molecule has 0 atom stereocenters. The number of nitrogens with two attached hydrogens (primary N) is 2. The lowest BCUT2D eigenvalue weighted by Gasteiger charge is -2.27. The van der Waals surface area contributed by atoms with Gasteiger partial charge in [-0.05, 0) is 0 Å². The molecule has 154 valence electrons. The maximum Gasteiger partial charge on any atom is 0.218 e. The number of rotatable bonds is 1. The molecule has 0 fully saturated rings. The first-order valence-corrected chi connectivity index (χ1v) is 8.86. The fourth-order valence-corrected chi connectivity index (χ4v) is 3.54. The highest BCUT2D eigenvalue weighted by Crippen LogP contribution is 2.55. The minimum absolute atomic E-state index is 1.01. The first-order valence-electron chi connectivity index (χ1n) is 6.60. The second-order valence-corrected chi connectivity index (χ2v) is 9.77. The van der Waals surface area contributed by atoms with Gasteiger partial charge in [-0.25, -0.2) is 26.3 Å². The second-order valence-electron chi connectivity index (χ2n) is 5.21. The van der Waals surface area contributed by atoms with Crippen LogP contribution in [-0.4, -0.2) is 0 Å². The lowest BCUT2D eigenvalue weighted by atomic mass is 9.92. The molecule has 2 aromatic carbocycles. The Hall–Kier alpha value is -0.640. The molecule has 0 unspecified atom stereocenters. The number of anilines is 2. The van der Waals surface area contributed by atoms with Crippen LogP contribution in [0, 0.1) is 34.9 Å². The minimum atomic E-state index is -2.86. The summed E-state index contributed by atoms with van der Waals surface area (Å²) in [5.41, 5.74) is 1.99. The van der Waals surface area contributed by atoms with E-state index >= 15 is 0 Å². The molecular weight excluding hydrogens is 523 g/mol. The Morgan fingerprint density at radius 2 is 0.786 bits per heavy atom. The molecule has 0 radical (unpaired) electrons. The molecule has 0 bridgehead atoms. The van der Waals surface area contributed by atoms with E-state index in [1.807, 2.05) is 0 Å². The lowest BCUT2D eigenvalue weighted by Crippen LogP contribution is -2.20. The quantitative estimate of drug-likeness (QED) is 0.182. The van der Waals surface area contributed by atoms with Crippen LogP contribution in [0.2, 0.25) is 0 Å². The van der Waals surface area contributed by atoms with Crippen molar-refractivity contribution >= 4 is 81.0 Å². The number of halogens is 12. The van der Waals surface area contributed by atoms with Gasteiger partial charge in [0, 0.05) is 16.7 Å². The molecule has 2 rings (SSSR count). The van der Waals surface area contributed by atoms with Crippen molar-refractivity contribution in [3.8, 4) is 11.1 Å². The van der Waals surface area contributed by atoms with Crippen molar-refractivity contribution in [1.29, 1.82) is 0 Å². The van der Waals surface area contributed by atoms with Crippen LogP contribution >= 0.6 is 69.6 Å². The maximum absolute atomic E-state index is 14.7. The van der Waals surface area contributed by atoms with Crippen LogP contribution in [0.3, 0.4) is 0 Å². The molecular formula is C14H4Cl6F6N2. The summed E-state index contributed by atoms with van der Waals surface area (Å²) in [6.07, 6.45) is 0. The lowest BCUT2D eigenvalue weighted by molar-refractivity contribution is 0.461. The SMILES string of the molecule is Nc1c(F)c(F)c(-c2c(F)c(F)c(N)c(C(Cl)(Cl)Cl)c2C(Cl)(Cl)Cl)c(F)c1F. The molecule has 0 aliphatic rings. The van der Waals surface area contributed by atoms with Gasteiger partial charge in [0.1, 0.15) is 5.69 Å². The molecule has 14 heteroatoms. The van der Waals surface area contributed by atoms with Gasteiger partial charge < -0.3 is 11.5 Å². The van der Waals surface area contributed by atoms with Gasteiger partial charge >= 0.3 is 0 Å². The minimum Gasteiger partial charge on any atom is -0.396 e. The average molecular weight is 527 g/mol. The molecule has 0 heterocycles. The summed E-state index contributed by atoms with van der Waals surface area (Å²) < 4.78 is 79.9. The molecule has 0 saturated heterocycles. The number of alkyl halides is 6. The van der Waals surface area contributed by atoms with Gasteiger partial charge in [-0.2, -0.15) is 0 Å². The van der Waals surface area contributed by atoms with Gasteiger partial charge in [0.05, 0.1) is 11.3 Å². The van der Waals surface area contributed by atoms with Gasteiger partial charge in [-0.1, -0.05) is 69.6 Å². The second kappa shape index (κ2) is 7.56. The predicted octanol–water partition coefficient (Wildman–Crippen LogP) is 7.01. The molecule has 4 N–H and O–H groups in total. The smallest absolute Gasteiger partial charge is 0.218 e. The summed E-state index contributed by atoms with van der Waals surface area (Å²) in [4.78, 5) is 0. The molecule has 0 aliphatic carbocycles. The largest absolute Gasteiger partial charge is 0.396 e. The van der Waals surface area contributed by atoms with Crippen molar-refractivity contribution < 1.29 is 26.3 Å². The van der Waals surface area contributed by atoms with E-state index in [0.29, 0.717) is 0 Å². The van der Waals surface area contributed by atoms with Crippen molar-refractivity contribution in [2.24, 2.45) is 0 Å². The molecule has 0 aliphatic heterocycles. The van der Waals surface area contributed by atoms with Crippen molar-refractivity contribution in [3.05, 3.63) is 46.0 Å². The van der Waals surface area contributed by atoms with Gasteiger partial charge in [0.25, 0.3) is 0 Å². The van der Waals surface area contributed by atoms with Crippen LogP contribution < -0.4 is 11.5 Å². The first kappa shape index (κ1) is 23.6. The molecule has 2 aromatic rings. The number of hydrogen-bond acceptors (Lipinski definition) is 2. The average Bonchev–Trinajstić information content (AvgIpc) is 2.55. The summed E-state index contributed by atoms with van der Waals surface area (Å²) >= 11 is 34.0. The summed E-state index contributed by atoms with van der Waals surface area (Å²) in [7, 11) is 0. The number of benzene rings is 2. The highest BCUT2D eigenvalue weighted by atomic mass is 35.6. The molecule has 28 heavy (non-hydrogen) atoms. The fourth-order valence-electron chi connectivity index (χ4n) is 2.39. The van der Waals surface area contributed by atoms with Crippen LogP contribution in [0.1, 0.15) is 11.1 Å². The van der Waals surface area contributed by atoms with E-state index in [1.54, 1.807) is 0 Å². The molecule has 0 aromatic heterocycles. The van der Waals surface area contributed by atoms with E-state index < -0.39 is 76.1 Å². The van der Waals surface area contributed by atoms with Crippen molar-refractivity contribution in [2.75, 3.05) is 11.5 Å². The van der Waals surface area contributed by atoms with E-state index in [2.05, 4.69) is 0 Å². The zero-order valence-corrected chi connectivity index (χ0v) is 17.2. The van der Waals surface area contributed by atoms with Crippen molar-refractivity contribution in [3.63, 3.8) is 0 Å². The number of hydrogen-bond donors (Lipinski definition) is 2. The monoisotopic (exact) mass is 524 g/mol. The van der Waals surface area contributed by atoms with Gasteiger partial charge in [-0.3, -0.25) is 0 Å². The van der Waals surface area contributed by atoms with Crippen molar-refractivity contribution in [1.82, 2.24) is 0 Å². The molecule has 0 amide bonds. The van der Waals surface area contributed by atoms with E-state index in [9.17, 15) is 26.3 Å². The fraction of sp³-hybridized carbons (Fsp3) is 0.143. The third-order valence-electron chi connectivity index (χ3n) is 3.53. The third kappa shape index (κ3) is 3.75. The van der Waals surface area contributed by atoms with Crippen LogP contribution in [0.5, 0.6) is 0 Å². The highest BCUT2D eigenvalue weighted by molar-refractivity contribution is 6.69. The summed E-state index contributed by atoms with van der Waals surface area (Å²) in [5.74, 6) is -12.8. The van der Waals surface area contributed by atoms with E-state index in [0.717, 1.165) is 0 Å². The topological polar surface area (TPSA) is 52.0 Å². The van der Waals surface area contributed by atoms with E-state index in [4.69, 9.17) is 81.1 Å². The van der Waals surface area contributed by atoms with E-state index in [1.165, 1.54) is 0 Å². The summed E-state index contributed by atoms with van der Waals surface area (Å²) in [6.45, 7) is 0. The third-order valence-corrected chi connectivity index (χ3v) is 4.67. The zero-order valence-electron chi connectivity index (χ0n) is 12.7. The van der Waals surface area contributed by atoms with Crippen LogP contribution in [0.25, 0.3) is 11.1 Å². The number of nitrogen functional groups attached to an aromatic ring is 2. The van der Waals surface area contributed by atoms with Gasteiger partial charge in [-0.15, -0.1) is 0 Å².